The molecule has 7 heteroatoms. The molecule has 0 radical (unpaired) electrons. The number of aromatic amines is 1. The molecule has 1 aromatic rings. The Kier molecular flexibility index (Phi) is 1.27. The van der Waals surface area contributed by atoms with Gasteiger partial charge in [0.15, 0.2) is 0 Å². The molecule has 56 valence electrons. The van der Waals surface area contributed by atoms with Gasteiger partial charge in [0.05, 0.1) is 0 Å². The Morgan fingerprint density at radius 2 is 2.10 bits per heavy atom. The van der Waals surface area contributed by atoms with Gasteiger partial charge in [-0.15, -0.1) is 5.10 Å². The van der Waals surface area contributed by atoms with E-state index in [-0.39, 0.29) is 0 Å². The molecule has 0 aliphatic rings. The Balaban J connectivity index is 3.07. The maximum absolute atomic E-state index is 11.5. The monoisotopic (exact) mass is 154 g/mol. The van der Waals surface area contributed by atoms with Crippen molar-refractivity contribution in [2.24, 2.45) is 0 Å². The van der Waals surface area contributed by atoms with Crippen LogP contribution in [-0.4, -0.2) is 10.2 Å². The summed E-state index contributed by atoms with van der Waals surface area (Å²) < 4.78 is 38.1. The average molecular weight is 154 g/mol. The smallest absolute Gasteiger partial charge is 0.383 e. The van der Waals surface area contributed by atoms with Gasteiger partial charge in [-0.05, 0) is 0 Å². The summed E-state index contributed by atoms with van der Waals surface area (Å²) in [7, 11) is 0. The second-order valence-electron chi connectivity index (χ2n) is 1.42. The van der Waals surface area contributed by atoms with Crippen LogP contribution in [-0.2, 0) is 6.18 Å². The van der Waals surface area contributed by atoms with Crippen molar-refractivity contribution in [1.82, 2.24) is 10.2 Å². The highest BCUT2D eigenvalue weighted by Gasteiger charge is 2.37. The molecule has 0 saturated carbocycles. The predicted molar refractivity (Wildman–Crippen MR) is 22.1 cm³/mol. The fourth-order valence-corrected chi connectivity index (χ4v) is 0.351. The number of H-pyrrole nitrogens is 1. The first-order valence-corrected chi connectivity index (χ1v) is 2.13. The number of rotatable bonds is 0. The van der Waals surface area contributed by atoms with E-state index in [0.29, 0.717) is 0 Å². The van der Waals surface area contributed by atoms with E-state index in [1.54, 1.807) is 0 Å². The standard InChI is InChI=1S/C3HF3N2O2/c4-3(5,6)1-7-8-2(9)10-1/h(H,8,9). The van der Waals surface area contributed by atoms with Crippen molar-refractivity contribution < 1.29 is 17.6 Å². The van der Waals surface area contributed by atoms with Crippen molar-refractivity contribution in [3.05, 3.63) is 16.4 Å². The number of halogens is 3. The number of nitrogens with one attached hydrogen (secondary N) is 1. The van der Waals surface area contributed by atoms with Gasteiger partial charge in [-0.1, -0.05) is 0 Å². The molecule has 10 heavy (non-hydrogen) atoms. The summed E-state index contributed by atoms with van der Waals surface area (Å²) in [5.74, 6) is -2.77. The zero-order valence-electron chi connectivity index (χ0n) is 4.40. The van der Waals surface area contributed by atoms with E-state index in [2.05, 4.69) is 9.52 Å². The highest BCUT2D eigenvalue weighted by atomic mass is 19.4. The van der Waals surface area contributed by atoms with Crippen LogP contribution in [0.5, 0.6) is 0 Å². The van der Waals surface area contributed by atoms with Crippen molar-refractivity contribution >= 4 is 0 Å². The molecule has 0 fully saturated rings. The molecule has 0 aliphatic carbocycles. The maximum Gasteiger partial charge on any atom is 0.470 e. The number of alkyl halides is 3. The lowest BCUT2D eigenvalue weighted by Gasteiger charge is -1.95. The molecule has 0 aliphatic heterocycles. The minimum Gasteiger partial charge on any atom is -0.383 e. The van der Waals surface area contributed by atoms with E-state index < -0.39 is 17.8 Å². The van der Waals surface area contributed by atoms with Gasteiger partial charge in [0, 0.05) is 0 Å². The van der Waals surface area contributed by atoms with Crippen LogP contribution in [0, 0.1) is 0 Å². The van der Waals surface area contributed by atoms with E-state index >= 15 is 0 Å². The van der Waals surface area contributed by atoms with Crippen LogP contribution in [0.2, 0.25) is 0 Å². The second kappa shape index (κ2) is 1.86. The zero-order chi connectivity index (χ0) is 7.78. The fraction of sp³-hybridized carbons (Fsp3) is 0.333. The Morgan fingerprint density at radius 3 is 2.30 bits per heavy atom. The number of nitrogens with zero attached hydrogens (tertiary/aromatic N) is 1. The third kappa shape index (κ3) is 1.17. The average Bonchev–Trinajstić information content (AvgIpc) is 2.11. The summed E-state index contributed by atoms with van der Waals surface area (Å²) in [5.41, 5.74) is 0. The van der Waals surface area contributed by atoms with Crippen molar-refractivity contribution in [2.75, 3.05) is 0 Å². The molecule has 0 saturated heterocycles. The Morgan fingerprint density at radius 1 is 1.50 bits per heavy atom. The van der Waals surface area contributed by atoms with Gasteiger partial charge in [0.1, 0.15) is 0 Å². The minimum absolute atomic E-state index is 1.22. The first-order chi connectivity index (χ1) is 4.50. The lowest BCUT2D eigenvalue weighted by Crippen LogP contribution is -2.05. The molecular weight excluding hydrogens is 153 g/mol. The number of aromatic nitrogens is 2. The minimum atomic E-state index is -4.70. The van der Waals surface area contributed by atoms with Crippen molar-refractivity contribution in [2.45, 2.75) is 6.18 Å². The van der Waals surface area contributed by atoms with Crippen LogP contribution in [0.3, 0.4) is 0 Å². The summed E-state index contributed by atoms with van der Waals surface area (Å²) in [4.78, 5) is 9.95. The molecule has 1 N–H and O–H groups in total. The summed E-state index contributed by atoms with van der Waals surface area (Å²) in [5, 5.41) is 4.04. The van der Waals surface area contributed by atoms with Crippen molar-refractivity contribution in [3.63, 3.8) is 0 Å². The maximum atomic E-state index is 11.5. The van der Waals surface area contributed by atoms with Gasteiger partial charge in [-0.25, -0.2) is 9.89 Å². The quantitative estimate of drug-likeness (QED) is 0.587. The highest BCUT2D eigenvalue weighted by molar-refractivity contribution is 4.78. The van der Waals surface area contributed by atoms with E-state index in [4.69, 9.17) is 0 Å². The van der Waals surface area contributed by atoms with Gasteiger partial charge in [-0.3, -0.25) is 0 Å². The molecule has 0 bridgehead atoms. The zero-order valence-corrected chi connectivity index (χ0v) is 4.40. The molecule has 0 amide bonds. The van der Waals surface area contributed by atoms with Crippen molar-refractivity contribution in [1.29, 1.82) is 0 Å². The summed E-state index contributed by atoms with van der Waals surface area (Å²) in [6, 6.07) is 0. The molecule has 1 rings (SSSR count). The van der Waals surface area contributed by atoms with Crippen LogP contribution >= 0.6 is 0 Å². The number of hydrogen-bond donors (Lipinski definition) is 1. The van der Waals surface area contributed by atoms with E-state index in [1.165, 1.54) is 5.10 Å². The summed E-state index contributed by atoms with van der Waals surface area (Å²) in [6.45, 7) is 0. The third-order valence-corrected chi connectivity index (χ3v) is 0.681. The van der Waals surface area contributed by atoms with Crippen LogP contribution < -0.4 is 5.76 Å². The van der Waals surface area contributed by atoms with E-state index in [1.807, 2.05) is 0 Å². The highest BCUT2D eigenvalue weighted by Crippen LogP contribution is 2.25. The first-order valence-electron chi connectivity index (χ1n) is 2.13. The van der Waals surface area contributed by atoms with Gasteiger partial charge < -0.3 is 4.42 Å². The van der Waals surface area contributed by atoms with E-state index in [9.17, 15) is 18.0 Å². The summed E-state index contributed by atoms with van der Waals surface area (Å²) >= 11 is 0. The molecule has 0 unspecified atom stereocenters. The normalized spacial score (nSPS) is 11.9. The van der Waals surface area contributed by atoms with Gasteiger partial charge in [-0.2, -0.15) is 13.2 Å². The molecule has 0 atom stereocenters. The fourth-order valence-electron chi connectivity index (χ4n) is 0.351. The summed E-state index contributed by atoms with van der Waals surface area (Å²) in [6.07, 6.45) is -4.70. The van der Waals surface area contributed by atoms with Crippen molar-refractivity contribution in [3.8, 4) is 0 Å². The van der Waals surface area contributed by atoms with Gasteiger partial charge >= 0.3 is 17.8 Å². The lowest BCUT2D eigenvalue weighted by molar-refractivity contribution is -0.157. The van der Waals surface area contributed by atoms with Crippen LogP contribution in [0.4, 0.5) is 13.2 Å². The molecule has 0 spiro atoms. The van der Waals surface area contributed by atoms with Crippen LogP contribution in [0.25, 0.3) is 0 Å². The predicted octanol–water partition coefficient (Wildman–Crippen LogP) is 0.382. The number of hydrogen-bond acceptors (Lipinski definition) is 3. The van der Waals surface area contributed by atoms with Gasteiger partial charge in [0.2, 0.25) is 0 Å². The molecule has 0 aromatic carbocycles. The van der Waals surface area contributed by atoms with Crippen LogP contribution in [0.15, 0.2) is 9.21 Å². The molecule has 1 heterocycles. The molecular formula is C3HF3N2O2. The molecule has 4 nitrogen and oxygen atoms in total. The Bertz CT molecular complexity index is 272. The Hall–Kier alpha value is -1.27. The first kappa shape index (κ1) is 6.84. The van der Waals surface area contributed by atoms with E-state index in [0.717, 1.165) is 0 Å². The molecule has 1 aromatic heterocycles. The third-order valence-electron chi connectivity index (χ3n) is 0.681. The van der Waals surface area contributed by atoms with Crippen LogP contribution in [0.1, 0.15) is 5.89 Å². The topological polar surface area (TPSA) is 58.9 Å². The Labute approximate surface area is 51.7 Å². The lowest BCUT2D eigenvalue weighted by atomic mass is 10.7. The largest absolute Gasteiger partial charge is 0.470 e. The second-order valence-corrected chi connectivity index (χ2v) is 1.42. The SMILES string of the molecule is O=c1[nH]nc(C(F)(F)F)o1. The van der Waals surface area contributed by atoms with Gasteiger partial charge in [0.25, 0.3) is 0 Å².